The third-order valence-corrected chi connectivity index (χ3v) is 6.65. The number of methoxy groups -OCH3 is 1. The fraction of sp³-hybridized carbons (Fsp3) is 0.571. The molecule has 1 amide bonds. The maximum atomic E-state index is 12.8. The van der Waals surface area contributed by atoms with Crippen LogP contribution in [0.15, 0.2) is 22.3 Å². The molecule has 7 nitrogen and oxygen atoms in total. The van der Waals surface area contributed by atoms with Gasteiger partial charge < -0.3 is 14.6 Å². The van der Waals surface area contributed by atoms with Gasteiger partial charge in [-0.1, -0.05) is 6.07 Å². The zero-order chi connectivity index (χ0) is 20.2. The molecule has 1 N–H and O–H groups in total. The Kier molecular flexibility index (Phi) is 6.42. The minimum absolute atomic E-state index is 0.0457. The van der Waals surface area contributed by atoms with E-state index in [1.165, 1.54) is 4.88 Å². The van der Waals surface area contributed by atoms with Crippen molar-refractivity contribution < 1.29 is 9.53 Å². The number of nitrogens with zero attached hydrogens (tertiary/aromatic N) is 3. The molecule has 1 saturated heterocycles. The Balaban J connectivity index is 1.56. The van der Waals surface area contributed by atoms with E-state index in [2.05, 4.69) is 27.4 Å². The largest absolute Gasteiger partial charge is 0.384 e. The second kappa shape index (κ2) is 9.19. The van der Waals surface area contributed by atoms with Crippen LogP contribution in [0.25, 0.3) is 0 Å². The fourth-order valence-corrected chi connectivity index (χ4v) is 5.02. The molecule has 2 aromatic rings. The molecule has 0 aliphatic carbocycles. The van der Waals surface area contributed by atoms with E-state index in [4.69, 9.17) is 9.72 Å². The maximum absolute atomic E-state index is 12.8. The van der Waals surface area contributed by atoms with Crippen molar-refractivity contribution in [2.45, 2.75) is 51.2 Å². The van der Waals surface area contributed by atoms with Gasteiger partial charge in [0.2, 0.25) is 5.91 Å². The standard InChI is InChI=1S/C21H28N4O3S/c1-28-11-8-19(26)25-9-3-2-6-18(25)20-22-17-14-24(13-15-5-4-12-29-15)10-7-16(17)21(27)23-20/h4-5,12,18H,2-3,6-11,13-14H2,1H3,(H,22,23,27). The lowest BCUT2D eigenvalue weighted by atomic mass is 9.99. The predicted octanol–water partition coefficient (Wildman–Crippen LogP) is 2.48. The van der Waals surface area contributed by atoms with Gasteiger partial charge in [-0.15, -0.1) is 11.3 Å². The predicted molar refractivity (Wildman–Crippen MR) is 112 cm³/mol. The Hall–Kier alpha value is -2.03. The molecule has 2 aliphatic rings. The molecule has 4 heterocycles. The zero-order valence-corrected chi connectivity index (χ0v) is 17.7. The highest BCUT2D eigenvalue weighted by atomic mass is 32.1. The van der Waals surface area contributed by atoms with E-state index in [1.807, 2.05) is 4.90 Å². The number of hydrogen-bond donors (Lipinski definition) is 1. The highest BCUT2D eigenvalue weighted by Gasteiger charge is 2.31. The van der Waals surface area contributed by atoms with Gasteiger partial charge in [0, 0.05) is 43.7 Å². The molecule has 2 aliphatic heterocycles. The number of rotatable bonds is 6. The number of carbonyl (C=O) groups excluding carboxylic acids is 1. The summed E-state index contributed by atoms with van der Waals surface area (Å²) < 4.78 is 5.07. The first-order chi connectivity index (χ1) is 14.2. The quantitative estimate of drug-likeness (QED) is 0.783. The number of piperidine rings is 1. The van der Waals surface area contributed by atoms with Crippen molar-refractivity contribution in [3.8, 4) is 0 Å². The number of aromatic amines is 1. The molecular formula is C21H28N4O3S. The number of nitrogens with one attached hydrogen (secondary N) is 1. The van der Waals surface area contributed by atoms with Crippen LogP contribution in [0.3, 0.4) is 0 Å². The van der Waals surface area contributed by atoms with Crippen LogP contribution in [0, 0.1) is 0 Å². The lowest BCUT2D eigenvalue weighted by Gasteiger charge is -2.36. The number of H-pyrrole nitrogens is 1. The SMILES string of the molecule is COCCC(=O)N1CCCCC1c1nc2c(c(=O)[nH]1)CCN(Cc1cccs1)C2. The Labute approximate surface area is 174 Å². The monoisotopic (exact) mass is 416 g/mol. The Morgan fingerprint density at radius 2 is 2.28 bits per heavy atom. The first-order valence-electron chi connectivity index (χ1n) is 10.3. The summed E-state index contributed by atoms with van der Waals surface area (Å²) in [6.07, 6.45) is 3.92. The van der Waals surface area contributed by atoms with E-state index in [9.17, 15) is 9.59 Å². The van der Waals surface area contributed by atoms with E-state index >= 15 is 0 Å². The van der Waals surface area contributed by atoms with Gasteiger partial charge in [-0.2, -0.15) is 0 Å². The van der Waals surface area contributed by atoms with Gasteiger partial charge in [0.15, 0.2) is 0 Å². The number of hydrogen-bond acceptors (Lipinski definition) is 6. The minimum Gasteiger partial charge on any atom is -0.384 e. The number of carbonyl (C=O) groups is 1. The second-order valence-corrected chi connectivity index (χ2v) is 8.79. The average Bonchev–Trinajstić information content (AvgIpc) is 3.24. The highest BCUT2D eigenvalue weighted by Crippen LogP contribution is 2.30. The van der Waals surface area contributed by atoms with Gasteiger partial charge >= 0.3 is 0 Å². The summed E-state index contributed by atoms with van der Waals surface area (Å²) in [6.45, 7) is 3.53. The molecule has 0 radical (unpaired) electrons. The molecule has 0 bridgehead atoms. The lowest BCUT2D eigenvalue weighted by molar-refractivity contribution is -0.136. The van der Waals surface area contributed by atoms with Gasteiger partial charge in [0.05, 0.1) is 24.8 Å². The van der Waals surface area contributed by atoms with Crippen LogP contribution < -0.4 is 5.56 Å². The third-order valence-electron chi connectivity index (χ3n) is 5.79. The lowest BCUT2D eigenvalue weighted by Crippen LogP contribution is -2.41. The van der Waals surface area contributed by atoms with Crippen LogP contribution in [-0.4, -0.2) is 52.5 Å². The summed E-state index contributed by atoms with van der Waals surface area (Å²) in [6, 6.07) is 4.05. The van der Waals surface area contributed by atoms with Crippen molar-refractivity contribution in [3.05, 3.63) is 49.8 Å². The Morgan fingerprint density at radius 3 is 3.07 bits per heavy atom. The van der Waals surface area contributed by atoms with Gasteiger partial charge in [-0.3, -0.25) is 14.5 Å². The smallest absolute Gasteiger partial charge is 0.254 e. The van der Waals surface area contributed by atoms with Crippen LogP contribution in [0.4, 0.5) is 0 Å². The molecule has 1 fully saturated rings. The third kappa shape index (κ3) is 4.60. The first-order valence-corrected chi connectivity index (χ1v) is 11.2. The summed E-state index contributed by atoms with van der Waals surface area (Å²) in [5, 5.41) is 2.09. The van der Waals surface area contributed by atoms with Crippen LogP contribution in [0.1, 0.15) is 53.7 Å². The zero-order valence-electron chi connectivity index (χ0n) is 16.9. The molecule has 2 aromatic heterocycles. The molecule has 1 atom stereocenters. The molecule has 4 rings (SSSR count). The van der Waals surface area contributed by atoms with E-state index in [0.717, 1.165) is 43.6 Å². The first kappa shape index (κ1) is 20.3. The van der Waals surface area contributed by atoms with Gasteiger partial charge in [0.25, 0.3) is 5.56 Å². The number of amides is 1. The minimum atomic E-state index is -0.154. The summed E-state index contributed by atoms with van der Waals surface area (Å²) in [4.78, 5) is 38.8. The molecule has 0 aromatic carbocycles. The summed E-state index contributed by atoms with van der Waals surface area (Å²) in [7, 11) is 1.60. The van der Waals surface area contributed by atoms with Gasteiger partial charge in [-0.25, -0.2) is 4.98 Å². The van der Waals surface area contributed by atoms with E-state index in [1.54, 1.807) is 18.4 Å². The van der Waals surface area contributed by atoms with Gasteiger partial charge in [-0.05, 0) is 37.1 Å². The molecule has 1 unspecified atom stereocenters. The number of likely N-dealkylation sites (tertiary alicyclic amines) is 1. The number of ether oxygens (including phenoxy) is 1. The van der Waals surface area contributed by atoms with Crippen LogP contribution in [0.2, 0.25) is 0 Å². The summed E-state index contributed by atoms with van der Waals surface area (Å²) >= 11 is 1.75. The summed E-state index contributed by atoms with van der Waals surface area (Å²) in [5.74, 6) is 0.702. The number of thiophene rings is 1. The van der Waals surface area contributed by atoms with E-state index < -0.39 is 0 Å². The Bertz CT molecular complexity index is 896. The van der Waals surface area contributed by atoms with Crippen molar-refractivity contribution in [2.75, 3.05) is 26.8 Å². The van der Waals surface area contributed by atoms with Crippen molar-refractivity contribution in [2.24, 2.45) is 0 Å². The summed E-state index contributed by atoms with van der Waals surface area (Å²) in [5.41, 5.74) is 1.61. The Morgan fingerprint density at radius 1 is 1.38 bits per heavy atom. The van der Waals surface area contributed by atoms with Crippen molar-refractivity contribution in [1.29, 1.82) is 0 Å². The average molecular weight is 417 g/mol. The molecule has 0 spiro atoms. The molecule has 29 heavy (non-hydrogen) atoms. The topological polar surface area (TPSA) is 78.5 Å². The van der Waals surface area contributed by atoms with E-state index in [-0.39, 0.29) is 17.5 Å². The van der Waals surface area contributed by atoms with Crippen LogP contribution in [-0.2, 0) is 29.0 Å². The van der Waals surface area contributed by atoms with Crippen molar-refractivity contribution in [1.82, 2.24) is 19.8 Å². The van der Waals surface area contributed by atoms with Crippen molar-refractivity contribution >= 4 is 17.2 Å². The molecular weight excluding hydrogens is 388 g/mol. The molecule has 0 saturated carbocycles. The normalized spacial score (nSPS) is 19.9. The molecule has 8 heteroatoms. The fourth-order valence-electron chi connectivity index (χ4n) is 4.28. The number of fused-ring (bicyclic) bond motifs is 1. The highest BCUT2D eigenvalue weighted by molar-refractivity contribution is 7.09. The second-order valence-electron chi connectivity index (χ2n) is 7.76. The van der Waals surface area contributed by atoms with Crippen LogP contribution >= 0.6 is 11.3 Å². The number of aromatic nitrogens is 2. The van der Waals surface area contributed by atoms with Crippen molar-refractivity contribution in [3.63, 3.8) is 0 Å². The van der Waals surface area contributed by atoms with E-state index in [0.29, 0.717) is 38.4 Å². The van der Waals surface area contributed by atoms with Crippen LogP contribution in [0.5, 0.6) is 0 Å². The molecule has 156 valence electrons. The maximum Gasteiger partial charge on any atom is 0.254 e. The van der Waals surface area contributed by atoms with Gasteiger partial charge in [0.1, 0.15) is 5.82 Å².